The van der Waals surface area contributed by atoms with Gasteiger partial charge in [0.25, 0.3) is 0 Å². The van der Waals surface area contributed by atoms with E-state index >= 15 is 0 Å². The maximum absolute atomic E-state index is 11.1. The van der Waals surface area contributed by atoms with E-state index in [1.54, 1.807) is 13.1 Å². The van der Waals surface area contributed by atoms with Gasteiger partial charge in [-0.1, -0.05) is 6.92 Å². The number of nitrogens with one attached hydrogen (secondary N) is 1. The van der Waals surface area contributed by atoms with Crippen LogP contribution < -0.4 is 11.1 Å². The summed E-state index contributed by atoms with van der Waals surface area (Å²) in [4.78, 5) is 16.3. The van der Waals surface area contributed by atoms with Crippen LogP contribution in [-0.4, -0.2) is 16.9 Å². The predicted octanol–water partition coefficient (Wildman–Crippen LogP) is 1.41. The molecule has 0 radical (unpaired) electrons. The van der Waals surface area contributed by atoms with Crippen LogP contribution in [0.15, 0.2) is 6.20 Å². The third-order valence-electron chi connectivity index (χ3n) is 1.55. The molecule has 0 aromatic carbocycles. The van der Waals surface area contributed by atoms with Gasteiger partial charge in [0.05, 0.1) is 6.04 Å². The van der Waals surface area contributed by atoms with Crippen molar-refractivity contribution in [2.24, 2.45) is 5.73 Å². The standard InChI is InChI=1S/C8H13N3OS.ClH/c1-3-6-4-10-8(13-6)11-7(12)5(2)9;/h4-5H,3,9H2,1-2H3,(H,10,11,12);1H/t5-;/m1./s1. The summed E-state index contributed by atoms with van der Waals surface area (Å²) in [6.07, 6.45) is 2.70. The number of nitrogens with two attached hydrogens (primary N) is 1. The molecular weight excluding hydrogens is 222 g/mol. The highest BCUT2D eigenvalue weighted by molar-refractivity contribution is 7.15. The van der Waals surface area contributed by atoms with E-state index in [2.05, 4.69) is 10.3 Å². The number of hydrogen-bond acceptors (Lipinski definition) is 4. The van der Waals surface area contributed by atoms with Crippen molar-refractivity contribution in [3.8, 4) is 0 Å². The van der Waals surface area contributed by atoms with Crippen LogP contribution in [0.2, 0.25) is 0 Å². The zero-order valence-electron chi connectivity index (χ0n) is 8.11. The molecule has 1 rings (SSSR count). The first-order chi connectivity index (χ1) is 6.13. The zero-order chi connectivity index (χ0) is 9.84. The highest BCUT2D eigenvalue weighted by Crippen LogP contribution is 2.18. The van der Waals surface area contributed by atoms with Crippen molar-refractivity contribution in [3.63, 3.8) is 0 Å². The molecule has 3 N–H and O–H groups in total. The molecule has 0 aliphatic heterocycles. The molecule has 80 valence electrons. The Morgan fingerprint density at radius 3 is 2.86 bits per heavy atom. The Kier molecular flexibility index (Phi) is 5.68. The number of aromatic nitrogens is 1. The first kappa shape index (κ1) is 13.4. The molecule has 1 atom stereocenters. The van der Waals surface area contributed by atoms with Crippen LogP contribution in [-0.2, 0) is 11.2 Å². The molecule has 14 heavy (non-hydrogen) atoms. The van der Waals surface area contributed by atoms with E-state index in [4.69, 9.17) is 5.73 Å². The minimum atomic E-state index is -0.492. The van der Waals surface area contributed by atoms with E-state index < -0.39 is 6.04 Å². The average molecular weight is 236 g/mol. The van der Waals surface area contributed by atoms with Crippen LogP contribution in [0.4, 0.5) is 5.13 Å². The Bertz CT molecular complexity index is 301. The minimum absolute atomic E-state index is 0. The van der Waals surface area contributed by atoms with Gasteiger partial charge in [0, 0.05) is 11.1 Å². The lowest BCUT2D eigenvalue weighted by Gasteiger charge is -2.03. The summed E-state index contributed by atoms with van der Waals surface area (Å²) >= 11 is 1.48. The van der Waals surface area contributed by atoms with Crippen molar-refractivity contribution in [3.05, 3.63) is 11.1 Å². The summed E-state index contributed by atoms with van der Waals surface area (Å²) in [6, 6.07) is -0.492. The van der Waals surface area contributed by atoms with Gasteiger partial charge in [-0.2, -0.15) is 0 Å². The van der Waals surface area contributed by atoms with Crippen molar-refractivity contribution in [2.45, 2.75) is 26.3 Å². The molecule has 0 fully saturated rings. The molecule has 0 saturated heterocycles. The Morgan fingerprint density at radius 1 is 1.79 bits per heavy atom. The predicted molar refractivity (Wildman–Crippen MR) is 61.0 cm³/mol. The molecule has 1 aromatic rings. The Labute approximate surface area is 93.3 Å². The van der Waals surface area contributed by atoms with Crippen molar-refractivity contribution >= 4 is 34.8 Å². The highest BCUT2D eigenvalue weighted by atomic mass is 35.5. The van der Waals surface area contributed by atoms with Gasteiger partial charge in [-0.3, -0.25) is 4.79 Å². The maximum Gasteiger partial charge on any atom is 0.242 e. The van der Waals surface area contributed by atoms with Crippen LogP contribution in [0.3, 0.4) is 0 Å². The third-order valence-corrected chi connectivity index (χ3v) is 2.60. The van der Waals surface area contributed by atoms with Crippen molar-refractivity contribution in [1.82, 2.24) is 4.98 Å². The fourth-order valence-corrected chi connectivity index (χ4v) is 1.50. The summed E-state index contributed by atoms with van der Waals surface area (Å²) in [5.41, 5.74) is 5.39. The maximum atomic E-state index is 11.1. The molecule has 0 unspecified atom stereocenters. The van der Waals surface area contributed by atoms with E-state index in [1.807, 2.05) is 6.92 Å². The van der Waals surface area contributed by atoms with E-state index in [1.165, 1.54) is 11.3 Å². The van der Waals surface area contributed by atoms with E-state index in [0.717, 1.165) is 11.3 Å². The molecule has 1 heterocycles. The number of rotatable bonds is 3. The fraction of sp³-hybridized carbons (Fsp3) is 0.500. The van der Waals surface area contributed by atoms with Crippen LogP contribution in [0, 0.1) is 0 Å². The fourth-order valence-electron chi connectivity index (χ4n) is 0.748. The topological polar surface area (TPSA) is 68.0 Å². The molecule has 0 aliphatic rings. The van der Waals surface area contributed by atoms with E-state index in [-0.39, 0.29) is 18.3 Å². The van der Waals surface area contributed by atoms with Crippen molar-refractivity contribution < 1.29 is 4.79 Å². The lowest BCUT2D eigenvalue weighted by atomic mass is 10.3. The van der Waals surface area contributed by atoms with Crippen molar-refractivity contribution in [1.29, 1.82) is 0 Å². The number of anilines is 1. The van der Waals surface area contributed by atoms with E-state index in [9.17, 15) is 4.79 Å². The third kappa shape index (κ3) is 3.61. The summed E-state index contributed by atoms with van der Waals surface area (Å²) in [5.74, 6) is -0.197. The van der Waals surface area contributed by atoms with Gasteiger partial charge in [0.15, 0.2) is 5.13 Å². The SMILES string of the molecule is CCc1cnc(NC(=O)[C@@H](C)N)s1.Cl. The van der Waals surface area contributed by atoms with Crippen LogP contribution in [0.25, 0.3) is 0 Å². The monoisotopic (exact) mass is 235 g/mol. The lowest BCUT2D eigenvalue weighted by molar-refractivity contribution is -0.117. The summed E-state index contributed by atoms with van der Waals surface area (Å²) in [5, 5.41) is 3.26. The molecule has 1 aromatic heterocycles. The lowest BCUT2D eigenvalue weighted by Crippen LogP contribution is -2.32. The summed E-state index contributed by atoms with van der Waals surface area (Å²) in [6.45, 7) is 3.69. The number of carbonyl (C=O) groups excluding carboxylic acids is 1. The first-order valence-corrected chi connectivity index (χ1v) is 4.96. The molecule has 4 nitrogen and oxygen atoms in total. The molecule has 0 aliphatic carbocycles. The van der Waals surface area contributed by atoms with Gasteiger partial charge >= 0.3 is 0 Å². The van der Waals surface area contributed by atoms with E-state index in [0.29, 0.717) is 5.13 Å². The second-order valence-electron chi connectivity index (χ2n) is 2.76. The molecular formula is C8H14ClN3OS. The van der Waals surface area contributed by atoms with Gasteiger partial charge in [-0.15, -0.1) is 23.7 Å². The molecule has 0 saturated carbocycles. The van der Waals surface area contributed by atoms with Gasteiger partial charge in [-0.05, 0) is 13.3 Å². The number of aryl methyl sites for hydroxylation is 1. The number of halogens is 1. The highest BCUT2D eigenvalue weighted by Gasteiger charge is 2.09. The van der Waals surface area contributed by atoms with Crippen LogP contribution in [0.5, 0.6) is 0 Å². The zero-order valence-corrected chi connectivity index (χ0v) is 9.74. The Hall–Kier alpha value is -0.650. The number of carbonyl (C=O) groups is 1. The largest absolute Gasteiger partial charge is 0.320 e. The second kappa shape index (κ2) is 5.95. The van der Waals surface area contributed by atoms with Gasteiger partial charge in [-0.25, -0.2) is 4.98 Å². The van der Waals surface area contributed by atoms with Gasteiger partial charge < -0.3 is 11.1 Å². The normalized spacial score (nSPS) is 11.6. The average Bonchev–Trinajstić information content (AvgIpc) is 2.52. The first-order valence-electron chi connectivity index (χ1n) is 4.14. The van der Waals surface area contributed by atoms with Crippen LogP contribution >= 0.6 is 23.7 Å². The van der Waals surface area contributed by atoms with Crippen molar-refractivity contribution in [2.75, 3.05) is 5.32 Å². The number of hydrogen-bond donors (Lipinski definition) is 2. The van der Waals surface area contributed by atoms with Gasteiger partial charge in [0.2, 0.25) is 5.91 Å². The quantitative estimate of drug-likeness (QED) is 0.833. The molecule has 6 heteroatoms. The molecule has 1 amide bonds. The smallest absolute Gasteiger partial charge is 0.242 e. The number of nitrogens with zero attached hydrogens (tertiary/aromatic N) is 1. The summed E-state index contributed by atoms with van der Waals surface area (Å²) < 4.78 is 0. The number of thiazole rings is 1. The summed E-state index contributed by atoms with van der Waals surface area (Å²) in [7, 11) is 0. The van der Waals surface area contributed by atoms with Crippen LogP contribution in [0.1, 0.15) is 18.7 Å². The Morgan fingerprint density at radius 2 is 2.43 bits per heavy atom. The Balaban J connectivity index is 0.00000169. The van der Waals surface area contributed by atoms with Gasteiger partial charge in [0.1, 0.15) is 0 Å². The number of amides is 1. The second-order valence-corrected chi connectivity index (χ2v) is 3.88. The molecule has 0 spiro atoms. The molecule has 0 bridgehead atoms. The minimum Gasteiger partial charge on any atom is -0.320 e.